The van der Waals surface area contributed by atoms with Crippen LogP contribution in [0.5, 0.6) is 0 Å². The van der Waals surface area contributed by atoms with Crippen LogP contribution in [0.15, 0.2) is 0 Å². The molecule has 2 heteroatoms. The summed E-state index contributed by atoms with van der Waals surface area (Å²) in [5.41, 5.74) is 0. The van der Waals surface area contributed by atoms with E-state index in [0.29, 0.717) is 0 Å². The molecule has 0 radical (unpaired) electrons. The van der Waals surface area contributed by atoms with Gasteiger partial charge in [-0.05, 0) is 33.2 Å². The first kappa shape index (κ1) is 10.0. The molecule has 0 amide bonds. The summed E-state index contributed by atoms with van der Waals surface area (Å²) in [6.07, 6.45) is 4.11. The van der Waals surface area contributed by atoms with E-state index >= 15 is 0 Å². The maximum atomic E-state index is 3.22. The number of nitrogens with one attached hydrogen (secondary N) is 1. The summed E-state index contributed by atoms with van der Waals surface area (Å²) >= 11 is 0. The van der Waals surface area contributed by atoms with Crippen molar-refractivity contribution in [2.45, 2.75) is 45.2 Å². The van der Waals surface area contributed by atoms with Crippen LogP contribution in [0, 0.1) is 0 Å². The van der Waals surface area contributed by atoms with Gasteiger partial charge in [-0.2, -0.15) is 0 Å². The first-order valence-corrected chi connectivity index (χ1v) is 5.20. The molecular weight excluding hydrogens is 148 g/mol. The van der Waals surface area contributed by atoms with Crippen molar-refractivity contribution in [1.82, 2.24) is 10.2 Å². The second-order valence-corrected chi connectivity index (χ2v) is 3.83. The van der Waals surface area contributed by atoms with Gasteiger partial charge in [-0.1, -0.05) is 6.92 Å². The molecule has 0 spiro atoms. The maximum absolute atomic E-state index is 3.22. The molecule has 0 aromatic carbocycles. The van der Waals surface area contributed by atoms with Crippen LogP contribution in [-0.4, -0.2) is 37.1 Å². The zero-order valence-corrected chi connectivity index (χ0v) is 8.64. The quantitative estimate of drug-likeness (QED) is 0.687. The molecule has 1 N–H and O–H groups in total. The molecule has 1 heterocycles. The summed E-state index contributed by atoms with van der Waals surface area (Å²) in [7, 11) is 2.03. The van der Waals surface area contributed by atoms with E-state index in [9.17, 15) is 0 Å². The van der Waals surface area contributed by atoms with Gasteiger partial charge in [0.2, 0.25) is 0 Å². The Bertz CT molecular complexity index is 125. The lowest BCUT2D eigenvalue weighted by atomic mass is 10.1. The van der Waals surface area contributed by atoms with Gasteiger partial charge >= 0.3 is 0 Å². The predicted octanol–water partition coefficient (Wildman–Crippen LogP) is 1.47. The van der Waals surface area contributed by atoms with Crippen molar-refractivity contribution in [2.24, 2.45) is 0 Å². The third kappa shape index (κ3) is 2.20. The van der Waals surface area contributed by atoms with E-state index in [4.69, 9.17) is 0 Å². The molecule has 0 aliphatic carbocycles. The van der Waals surface area contributed by atoms with Gasteiger partial charge in [-0.15, -0.1) is 0 Å². The van der Waals surface area contributed by atoms with Crippen molar-refractivity contribution in [1.29, 1.82) is 0 Å². The Hall–Kier alpha value is -0.0800. The van der Waals surface area contributed by atoms with Crippen LogP contribution in [0.4, 0.5) is 0 Å². The van der Waals surface area contributed by atoms with Crippen molar-refractivity contribution < 1.29 is 0 Å². The van der Waals surface area contributed by atoms with E-state index < -0.39 is 0 Å². The summed E-state index contributed by atoms with van der Waals surface area (Å²) in [6.45, 7) is 7.00. The van der Waals surface area contributed by atoms with Gasteiger partial charge in [0.15, 0.2) is 0 Å². The normalized spacial score (nSPS) is 31.2. The highest BCUT2D eigenvalue weighted by atomic mass is 15.2. The largest absolute Gasteiger partial charge is 0.318 e. The van der Waals surface area contributed by atoms with Gasteiger partial charge in [0, 0.05) is 25.2 Å². The molecule has 0 aromatic heterocycles. The Morgan fingerprint density at radius 2 is 2.17 bits per heavy atom. The number of likely N-dealkylation sites (N-methyl/N-ethyl adjacent to an activating group) is 1. The average Bonchev–Trinajstić information content (AvgIpc) is 2.43. The third-order valence-electron chi connectivity index (χ3n) is 3.04. The minimum absolute atomic E-state index is 0.809. The minimum atomic E-state index is 0.809. The summed E-state index contributed by atoms with van der Waals surface area (Å²) in [4.78, 5) is 2.65. The first-order valence-electron chi connectivity index (χ1n) is 5.20. The third-order valence-corrected chi connectivity index (χ3v) is 3.04. The molecule has 2 atom stereocenters. The molecule has 1 aliphatic rings. The van der Waals surface area contributed by atoms with Crippen molar-refractivity contribution in [3.63, 3.8) is 0 Å². The smallest absolute Gasteiger partial charge is 0.0112 e. The Morgan fingerprint density at radius 3 is 2.75 bits per heavy atom. The second kappa shape index (κ2) is 4.83. The van der Waals surface area contributed by atoms with E-state index in [1.807, 2.05) is 7.05 Å². The second-order valence-electron chi connectivity index (χ2n) is 3.83. The number of likely N-dealkylation sites (tertiary alicyclic amines) is 1. The lowest BCUT2D eigenvalue weighted by Crippen LogP contribution is -2.38. The van der Waals surface area contributed by atoms with Crippen LogP contribution in [0.1, 0.15) is 33.1 Å². The van der Waals surface area contributed by atoms with E-state index in [2.05, 4.69) is 24.1 Å². The zero-order valence-electron chi connectivity index (χ0n) is 8.64. The molecule has 1 saturated heterocycles. The van der Waals surface area contributed by atoms with E-state index in [1.54, 1.807) is 0 Å². The average molecular weight is 170 g/mol. The topological polar surface area (TPSA) is 15.3 Å². The number of hydrogen-bond acceptors (Lipinski definition) is 2. The van der Waals surface area contributed by atoms with E-state index in [1.165, 1.54) is 25.8 Å². The molecule has 2 nitrogen and oxygen atoms in total. The maximum Gasteiger partial charge on any atom is 0.0112 e. The van der Waals surface area contributed by atoms with E-state index in [0.717, 1.165) is 18.6 Å². The van der Waals surface area contributed by atoms with Crippen molar-refractivity contribution in [3.8, 4) is 0 Å². The summed E-state index contributed by atoms with van der Waals surface area (Å²) in [6, 6.07) is 1.66. The molecule has 0 aromatic rings. The highest BCUT2D eigenvalue weighted by molar-refractivity contribution is 4.84. The summed E-state index contributed by atoms with van der Waals surface area (Å²) in [5, 5.41) is 3.22. The molecule has 12 heavy (non-hydrogen) atoms. The van der Waals surface area contributed by atoms with Crippen molar-refractivity contribution >= 4 is 0 Å². The summed E-state index contributed by atoms with van der Waals surface area (Å²) in [5.74, 6) is 0. The number of nitrogens with zero attached hydrogens (tertiary/aromatic N) is 1. The van der Waals surface area contributed by atoms with Crippen LogP contribution in [0.3, 0.4) is 0 Å². The lowest BCUT2D eigenvalue weighted by Gasteiger charge is -2.27. The Balaban J connectivity index is 2.35. The number of rotatable bonds is 4. The van der Waals surface area contributed by atoms with Gasteiger partial charge in [-0.3, -0.25) is 4.90 Å². The lowest BCUT2D eigenvalue weighted by molar-refractivity contribution is 0.201. The van der Waals surface area contributed by atoms with Gasteiger partial charge in [0.1, 0.15) is 0 Å². The molecule has 1 aliphatic heterocycles. The molecule has 0 saturated carbocycles. The van der Waals surface area contributed by atoms with Crippen molar-refractivity contribution in [2.75, 3.05) is 20.1 Å². The van der Waals surface area contributed by atoms with Gasteiger partial charge in [0.25, 0.3) is 0 Å². The fourth-order valence-corrected chi connectivity index (χ4v) is 2.21. The molecule has 1 fully saturated rings. The summed E-state index contributed by atoms with van der Waals surface area (Å²) < 4.78 is 0. The number of hydrogen-bond donors (Lipinski definition) is 1. The van der Waals surface area contributed by atoms with Crippen LogP contribution < -0.4 is 5.32 Å². The molecular formula is C10H22N2. The van der Waals surface area contributed by atoms with Crippen molar-refractivity contribution in [3.05, 3.63) is 0 Å². The van der Waals surface area contributed by atoms with Crippen LogP contribution in [-0.2, 0) is 0 Å². The standard InChI is InChI=1S/C10H22N2/c1-4-10-6-5-9(2)12(10)8-7-11-3/h9-11H,4-8H2,1-3H3. The molecule has 2 unspecified atom stereocenters. The van der Waals surface area contributed by atoms with E-state index in [-0.39, 0.29) is 0 Å². The Labute approximate surface area is 76.3 Å². The molecule has 72 valence electrons. The monoisotopic (exact) mass is 170 g/mol. The Morgan fingerprint density at radius 1 is 1.42 bits per heavy atom. The van der Waals surface area contributed by atoms with Gasteiger partial charge in [-0.25, -0.2) is 0 Å². The van der Waals surface area contributed by atoms with Gasteiger partial charge in [0.05, 0.1) is 0 Å². The fourth-order valence-electron chi connectivity index (χ4n) is 2.21. The molecule has 0 bridgehead atoms. The van der Waals surface area contributed by atoms with Crippen LogP contribution in [0.25, 0.3) is 0 Å². The zero-order chi connectivity index (χ0) is 8.97. The Kier molecular flexibility index (Phi) is 4.02. The SMILES string of the molecule is CCC1CCC(C)N1CCNC. The predicted molar refractivity (Wildman–Crippen MR) is 53.4 cm³/mol. The highest BCUT2D eigenvalue weighted by Gasteiger charge is 2.27. The first-order chi connectivity index (χ1) is 5.79. The van der Waals surface area contributed by atoms with Crippen LogP contribution >= 0.6 is 0 Å². The molecule has 1 rings (SSSR count). The van der Waals surface area contributed by atoms with Gasteiger partial charge < -0.3 is 5.32 Å². The highest BCUT2D eigenvalue weighted by Crippen LogP contribution is 2.24. The minimum Gasteiger partial charge on any atom is -0.318 e. The van der Waals surface area contributed by atoms with Crippen LogP contribution in [0.2, 0.25) is 0 Å². The fraction of sp³-hybridized carbons (Fsp3) is 1.00.